The second-order valence-corrected chi connectivity index (χ2v) is 7.76. The molecule has 1 N–H and O–H groups in total. The van der Waals surface area contributed by atoms with Gasteiger partial charge in [0.25, 0.3) is 5.91 Å². The van der Waals surface area contributed by atoms with Crippen molar-refractivity contribution < 1.29 is 14.3 Å². The Kier molecular flexibility index (Phi) is 8.58. The van der Waals surface area contributed by atoms with Crippen molar-refractivity contribution in [2.75, 3.05) is 38.2 Å². The molecule has 152 valence electrons. The number of carbonyl (C=O) groups is 1. The molecule has 1 heterocycles. The van der Waals surface area contributed by atoms with Gasteiger partial charge in [0, 0.05) is 18.8 Å². The van der Waals surface area contributed by atoms with Crippen LogP contribution in [0.3, 0.4) is 0 Å². The van der Waals surface area contributed by atoms with Gasteiger partial charge in [-0.1, -0.05) is 20.3 Å². The summed E-state index contributed by atoms with van der Waals surface area (Å²) in [5, 5.41) is 2.96. The van der Waals surface area contributed by atoms with Gasteiger partial charge in [-0.05, 0) is 76.4 Å². The standard InChI is InChI=1S/C22H36N2O3/c1-5-13-22(4,27-6-2)21(25)23-19-7-9-20(10-8-19)26-17-16-24-14-11-18(3)12-15-24/h7-10,18H,5-6,11-17H2,1-4H3,(H,23,25)/t22-/m1/s1. The van der Waals surface area contributed by atoms with Crippen LogP contribution in [0.5, 0.6) is 5.75 Å². The van der Waals surface area contributed by atoms with Crippen molar-refractivity contribution in [3.05, 3.63) is 24.3 Å². The minimum atomic E-state index is -0.787. The van der Waals surface area contributed by atoms with Crippen LogP contribution < -0.4 is 10.1 Å². The van der Waals surface area contributed by atoms with Crippen LogP contribution in [0, 0.1) is 5.92 Å². The maximum atomic E-state index is 12.6. The molecule has 0 unspecified atom stereocenters. The number of benzene rings is 1. The summed E-state index contributed by atoms with van der Waals surface area (Å²) in [4.78, 5) is 15.1. The van der Waals surface area contributed by atoms with E-state index in [0.29, 0.717) is 19.6 Å². The molecule has 1 aromatic carbocycles. The van der Waals surface area contributed by atoms with Crippen molar-refractivity contribution in [3.8, 4) is 5.75 Å². The van der Waals surface area contributed by atoms with Gasteiger partial charge in [-0.25, -0.2) is 0 Å². The van der Waals surface area contributed by atoms with Crippen LogP contribution in [0.2, 0.25) is 0 Å². The van der Waals surface area contributed by atoms with Crippen molar-refractivity contribution in [3.63, 3.8) is 0 Å². The van der Waals surface area contributed by atoms with Gasteiger partial charge in [-0.15, -0.1) is 0 Å². The van der Waals surface area contributed by atoms with Gasteiger partial charge in [0.2, 0.25) is 0 Å². The van der Waals surface area contributed by atoms with E-state index in [0.717, 1.165) is 30.3 Å². The van der Waals surface area contributed by atoms with E-state index >= 15 is 0 Å². The lowest BCUT2D eigenvalue weighted by Gasteiger charge is -2.29. The molecular weight excluding hydrogens is 340 g/mol. The zero-order valence-corrected chi connectivity index (χ0v) is 17.4. The SMILES string of the molecule is CCC[C@@](C)(OCC)C(=O)Nc1ccc(OCCN2CCC(C)CC2)cc1. The van der Waals surface area contributed by atoms with Crippen LogP contribution in [0.25, 0.3) is 0 Å². The summed E-state index contributed by atoms with van der Waals surface area (Å²) in [6.45, 7) is 12.7. The van der Waals surface area contributed by atoms with E-state index < -0.39 is 5.60 Å². The van der Waals surface area contributed by atoms with Gasteiger partial charge in [0.15, 0.2) is 0 Å². The number of rotatable bonds is 10. The summed E-state index contributed by atoms with van der Waals surface area (Å²) in [6.07, 6.45) is 4.16. The van der Waals surface area contributed by atoms with E-state index in [2.05, 4.69) is 24.1 Å². The van der Waals surface area contributed by atoms with Crippen LogP contribution >= 0.6 is 0 Å². The summed E-state index contributed by atoms with van der Waals surface area (Å²) in [5.74, 6) is 1.59. The zero-order valence-electron chi connectivity index (χ0n) is 17.4. The Balaban J connectivity index is 1.79. The fourth-order valence-electron chi connectivity index (χ4n) is 3.52. The topological polar surface area (TPSA) is 50.8 Å². The number of hydrogen-bond donors (Lipinski definition) is 1. The number of amides is 1. The van der Waals surface area contributed by atoms with Gasteiger partial charge < -0.3 is 14.8 Å². The Morgan fingerprint density at radius 1 is 1.22 bits per heavy atom. The summed E-state index contributed by atoms with van der Waals surface area (Å²) >= 11 is 0. The third-order valence-corrected chi connectivity index (χ3v) is 5.33. The van der Waals surface area contributed by atoms with E-state index in [-0.39, 0.29) is 5.91 Å². The number of likely N-dealkylation sites (tertiary alicyclic amines) is 1. The highest BCUT2D eigenvalue weighted by atomic mass is 16.5. The number of nitrogens with zero attached hydrogens (tertiary/aromatic N) is 1. The molecule has 0 radical (unpaired) electrons. The third-order valence-electron chi connectivity index (χ3n) is 5.33. The lowest BCUT2D eigenvalue weighted by Crippen LogP contribution is -2.42. The lowest BCUT2D eigenvalue weighted by molar-refractivity contribution is -0.139. The fourth-order valence-corrected chi connectivity index (χ4v) is 3.52. The Bertz CT molecular complexity index is 559. The molecule has 27 heavy (non-hydrogen) atoms. The van der Waals surface area contributed by atoms with Crippen molar-refractivity contribution in [1.29, 1.82) is 0 Å². The Morgan fingerprint density at radius 2 is 1.89 bits per heavy atom. The number of carbonyl (C=O) groups excluding carboxylic acids is 1. The molecule has 0 saturated carbocycles. The first-order chi connectivity index (χ1) is 13.0. The molecule has 5 heteroatoms. The van der Waals surface area contributed by atoms with Crippen LogP contribution in [0.1, 0.15) is 53.4 Å². The molecule has 1 atom stereocenters. The molecule has 0 aliphatic carbocycles. The number of anilines is 1. The molecule has 0 aromatic heterocycles. The summed E-state index contributed by atoms with van der Waals surface area (Å²) in [6, 6.07) is 7.58. The summed E-state index contributed by atoms with van der Waals surface area (Å²) in [7, 11) is 0. The normalized spacial score (nSPS) is 18.1. The zero-order chi connectivity index (χ0) is 19.7. The molecule has 0 bridgehead atoms. The van der Waals surface area contributed by atoms with Gasteiger partial charge in [0.05, 0.1) is 0 Å². The minimum Gasteiger partial charge on any atom is -0.492 e. The molecule has 1 aliphatic rings. The average molecular weight is 377 g/mol. The van der Waals surface area contributed by atoms with E-state index in [4.69, 9.17) is 9.47 Å². The fraction of sp³-hybridized carbons (Fsp3) is 0.682. The minimum absolute atomic E-state index is 0.0980. The van der Waals surface area contributed by atoms with E-state index in [1.165, 1.54) is 25.9 Å². The highest BCUT2D eigenvalue weighted by Gasteiger charge is 2.32. The molecular formula is C22H36N2O3. The molecule has 1 aromatic rings. The first-order valence-corrected chi connectivity index (χ1v) is 10.4. The van der Waals surface area contributed by atoms with E-state index in [1.807, 2.05) is 38.1 Å². The highest BCUT2D eigenvalue weighted by Crippen LogP contribution is 2.22. The molecule has 1 aliphatic heterocycles. The van der Waals surface area contributed by atoms with Crippen molar-refractivity contribution in [2.45, 2.75) is 59.0 Å². The molecule has 1 amide bonds. The second-order valence-electron chi connectivity index (χ2n) is 7.76. The monoisotopic (exact) mass is 376 g/mol. The molecule has 0 spiro atoms. The quantitative estimate of drug-likeness (QED) is 0.660. The number of ether oxygens (including phenoxy) is 2. The van der Waals surface area contributed by atoms with Crippen molar-refractivity contribution in [1.82, 2.24) is 4.90 Å². The predicted molar refractivity (Wildman–Crippen MR) is 110 cm³/mol. The number of hydrogen-bond acceptors (Lipinski definition) is 4. The van der Waals surface area contributed by atoms with Crippen LogP contribution in [0.4, 0.5) is 5.69 Å². The van der Waals surface area contributed by atoms with Crippen LogP contribution in [0.15, 0.2) is 24.3 Å². The van der Waals surface area contributed by atoms with Crippen molar-refractivity contribution in [2.24, 2.45) is 5.92 Å². The smallest absolute Gasteiger partial charge is 0.256 e. The molecule has 5 nitrogen and oxygen atoms in total. The summed E-state index contributed by atoms with van der Waals surface area (Å²) < 4.78 is 11.6. The van der Waals surface area contributed by atoms with Gasteiger partial charge in [-0.2, -0.15) is 0 Å². The number of piperidine rings is 1. The Morgan fingerprint density at radius 3 is 2.48 bits per heavy atom. The van der Waals surface area contributed by atoms with Gasteiger partial charge in [-0.3, -0.25) is 9.69 Å². The molecule has 2 rings (SSSR count). The van der Waals surface area contributed by atoms with Crippen molar-refractivity contribution >= 4 is 11.6 Å². The van der Waals surface area contributed by atoms with E-state index in [9.17, 15) is 4.79 Å². The molecule has 1 fully saturated rings. The summed E-state index contributed by atoms with van der Waals surface area (Å²) in [5.41, 5.74) is -0.0238. The average Bonchev–Trinajstić information content (AvgIpc) is 2.65. The maximum Gasteiger partial charge on any atom is 0.256 e. The predicted octanol–water partition coefficient (Wildman–Crippen LogP) is 4.33. The van der Waals surface area contributed by atoms with Crippen LogP contribution in [-0.4, -0.2) is 49.3 Å². The van der Waals surface area contributed by atoms with E-state index in [1.54, 1.807) is 0 Å². The first kappa shape index (κ1) is 21.7. The highest BCUT2D eigenvalue weighted by molar-refractivity contribution is 5.97. The Labute approximate surface area is 164 Å². The molecule has 1 saturated heterocycles. The largest absolute Gasteiger partial charge is 0.492 e. The lowest BCUT2D eigenvalue weighted by atomic mass is 9.99. The maximum absolute atomic E-state index is 12.6. The van der Waals surface area contributed by atoms with Gasteiger partial charge >= 0.3 is 0 Å². The van der Waals surface area contributed by atoms with Crippen LogP contribution in [-0.2, 0) is 9.53 Å². The third kappa shape index (κ3) is 6.82. The Hall–Kier alpha value is -1.59. The second kappa shape index (κ2) is 10.7. The first-order valence-electron chi connectivity index (χ1n) is 10.4. The van der Waals surface area contributed by atoms with Gasteiger partial charge in [0.1, 0.15) is 18.0 Å². The number of nitrogens with one attached hydrogen (secondary N) is 1.